The monoisotopic (exact) mass is 405 g/mol. The Balaban J connectivity index is 1.28. The highest BCUT2D eigenvalue weighted by Gasteiger charge is 2.53. The summed E-state index contributed by atoms with van der Waals surface area (Å²) in [5.74, 6) is 1.97. The third kappa shape index (κ3) is 3.48. The molecule has 7 nitrogen and oxygen atoms in total. The zero-order valence-electron chi connectivity index (χ0n) is 17.2. The summed E-state index contributed by atoms with van der Waals surface area (Å²) < 4.78 is 7.67. The second-order valence-corrected chi connectivity index (χ2v) is 8.48. The van der Waals surface area contributed by atoms with Crippen molar-refractivity contribution in [3.63, 3.8) is 0 Å². The number of likely N-dealkylation sites (tertiary alicyclic amines) is 1. The Morgan fingerprint density at radius 2 is 1.73 bits per heavy atom. The van der Waals surface area contributed by atoms with Gasteiger partial charge in [0.05, 0.1) is 0 Å². The molecule has 3 aromatic rings. The van der Waals surface area contributed by atoms with Crippen molar-refractivity contribution in [3.05, 3.63) is 66.5 Å². The van der Waals surface area contributed by atoms with Gasteiger partial charge in [-0.1, -0.05) is 18.6 Å². The molecule has 5 rings (SSSR count). The van der Waals surface area contributed by atoms with Gasteiger partial charge in [0, 0.05) is 63.3 Å². The largest absolute Gasteiger partial charge is 0.424 e. The minimum atomic E-state index is -0.819. The first-order valence-electron chi connectivity index (χ1n) is 10.6. The molecule has 1 aliphatic carbocycles. The van der Waals surface area contributed by atoms with Crippen LogP contribution in [0.5, 0.6) is 11.8 Å². The standard InChI is InChI=1S/C23H27N5O2/c1-27-13-12-24-21(27)23(29)18-4-2-5-19(23)16-28(15-18)14-17-6-8-20(9-7-17)30-22-25-10-3-11-26-22/h3,6-13,18-19,29H,2,4-5,14-16H2,1H3. The molecule has 0 amide bonds. The predicted molar refractivity (Wildman–Crippen MR) is 112 cm³/mol. The van der Waals surface area contributed by atoms with E-state index in [1.54, 1.807) is 24.7 Å². The van der Waals surface area contributed by atoms with Crippen molar-refractivity contribution < 1.29 is 9.84 Å². The van der Waals surface area contributed by atoms with E-state index in [0.717, 1.165) is 44.0 Å². The van der Waals surface area contributed by atoms with Gasteiger partial charge in [-0.3, -0.25) is 4.90 Å². The van der Waals surface area contributed by atoms with Gasteiger partial charge in [-0.15, -0.1) is 0 Å². The molecule has 30 heavy (non-hydrogen) atoms. The van der Waals surface area contributed by atoms with Crippen LogP contribution in [0.4, 0.5) is 0 Å². The molecule has 3 heterocycles. The van der Waals surface area contributed by atoms with Crippen molar-refractivity contribution >= 4 is 0 Å². The number of hydrogen-bond donors (Lipinski definition) is 1. The van der Waals surface area contributed by atoms with Gasteiger partial charge in [-0.05, 0) is 36.6 Å². The Morgan fingerprint density at radius 1 is 1.03 bits per heavy atom. The van der Waals surface area contributed by atoms with E-state index in [9.17, 15) is 5.11 Å². The van der Waals surface area contributed by atoms with Gasteiger partial charge in [0.2, 0.25) is 0 Å². The third-order valence-electron chi connectivity index (χ3n) is 6.57. The number of fused-ring (bicyclic) bond motifs is 2. The number of piperidine rings is 1. The molecular formula is C23H27N5O2. The number of ether oxygens (including phenoxy) is 1. The van der Waals surface area contributed by atoms with Gasteiger partial charge < -0.3 is 14.4 Å². The van der Waals surface area contributed by atoms with Crippen molar-refractivity contribution in [2.24, 2.45) is 18.9 Å². The quantitative estimate of drug-likeness (QED) is 0.703. The lowest BCUT2D eigenvalue weighted by molar-refractivity contribution is -0.155. The third-order valence-corrected chi connectivity index (χ3v) is 6.57. The maximum absolute atomic E-state index is 11.7. The fourth-order valence-corrected chi connectivity index (χ4v) is 5.15. The van der Waals surface area contributed by atoms with Gasteiger partial charge in [0.15, 0.2) is 0 Å². The molecule has 2 bridgehead atoms. The fraction of sp³-hybridized carbons (Fsp3) is 0.435. The van der Waals surface area contributed by atoms with E-state index in [-0.39, 0.29) is 11.8 Å². The maximum atomic E-state index is 11.7. The molecule has 2 unspecified atom stereocenters. The van der Waals surface area contributed by atoms with E-state index in [1.807, 2.05) is 29.9 Å². The van der Waals surface area contributed by atoms with Gasteiger partial charge in [-0.25, -0.2) is 15.0 Å². The smallest absolute Gasteiger partial charge is 0.321 e. The van der Waals surface area contributed by atoms with Crippen molar-refractivity contribution in [1.82, 2.24) is 24.4 Å². The van der Waals surface area contributed by atoms with E-state index in [2.05, 4.69) is 32.0 Å². The van der Waals surface area contributed by atoms with Crippen LogP contribution in [-0.2, 0) is 19.2 Å². The van der Waals surface area contributed by atoms with Crippen molar-refractivity contribution in [2.75, 3.05) is 13.1 Å². The lowest BCUT2D eigenvalue weighted by atomic mass is 9.65. The molecule has 2 fully saturated rings. The molecule has 2 aromatic heterocycles. The van der Waals surface area contributed by atoms with Gasteiger partial charge in [0.25, 0.3) is 0 Å². The minimum absolute atomic E-state index is 0.212. The highest BCUT2D eigenvalue weighted by molar-refractivity contribution is 5.29. The van der Waals surface area contributed by atoms with Crippen molar-refractivity contribution in [3.8, 4) is 11.8 Å². The Labute approximate surface area is 176 Å². The van der Waals surface area contributed by atoms with Gasteiger partial charge in [-0.2, -0.15) is 0 Å². The molecule has 7 heteroatoms. The topological polar surface area (TPSA) is 76.3 Å². The number of hydrogen-bond acceptors (Lipinski definition) is 6. The molecule has 156 valence electrons. The first-order chi connectivity index (χ1) is 14.6. The zero-order chi connectivity index (χ0) is 20.6. The average molecular weight is 406 g/mol. The number of aromatic nitrogens is 4. The Morgan fingerprint density at radius 3 is 2.37 bits per heavy atom. The van der Waals surface area contributed by atoms with E-state index in [4.69, 9.17) is 4.74 Å². The van der Waals surface area contributed by atoms with Crippen LogP contribution in [0, 0.1) is 11.8 Å². The number of aryl methyl sites for hydroxylation is 1. The predicted octanol–water partition coefficient (Wildman–Crippen LogP) is 3.12. The van der Waals surface area contributed by atoms with Crippen LogP contribution in [0.1, 0.15) is 30.7 Å². The van der Waals surface area contributed by atoms with Crippen molar-refractivity contribution in [1.29, 1.82) is 0 Å². The summed E-state index contributed by atoms with van der Waals surface area (Å²) in [5.41, 5.74) is 0.414. The normalized spacial score (nSPS) is 26.5. The molecule has 1 saturated heterocycles. The van der Waals surface area contributed by atoms with E-state index >= 15 is 0 Å². The van der Waals surface area contributed by atoms with Crippen LogP contribution in [0.25, 0.3) is 0 Å². The first-order valence-corrected chi connectivity index (χ1v) is 10.6. The molecular weight excluding hydrogens is 378 g/mol. The summed E-state index contributed by atoms with van der Waals surface area (Å²) in [4.78, 5) is 15.2. The van der Waals surface area contributed by atoms with E-state index < -0.39 is 5.60 Å². The summed E-state index contributed by atoms with van der Waals surface area (Å²) in [7, 11) is 1.98. The zero-order valence-corrected chi connectivity index (χ0v) is 17.2. The average Bonchev–Trinajstić information content (AvgIpc) is 3.18. The van der Waals surface area contributed by atoms with Crippen LogP contribution in [-0.4, -0.2) is 42.6 Å². The number of imidazole rings is 1. The SMILES string of the molecule is Cn1ccnc1C1(O)C2CCCC1CN(Cc1ccc(Oc3ncccn3)cc1)C2. The lowest BCUT2D eigenvalue weighted by Gasteiger charge is -2.52. The second-order valence-electron chi connectivity index (χ2n) is 8.48. The maximum Gasteiger partial charge on any atom is 0.321 e. The number of nitrogens with zero attached hydrogens (tertiary/aromatic N) is 5. The lowest BCUT2D eigenvalue weighted by Crippen LogP contribution is -2.58. The fourth-order valence-electron chi connectivity index (χ4n) is 5.15. The van der Waals surface area contributed by atoms with Gasteiger partial charge >= 0.3 is 6.01 Å². The number of aliphatic hydroxyl groups is 1. The van der Waals surface area contributed by atoms with E-state index in [1.165, 1.54) is 12.0 Å². The highest BCUT2D eigenvalue weighted by Crippen LogP contribution is 2.48. The van der Waals surface area contributed by atoms with Crippen LogP contribution in [0.3, 0.4) is 0 Å². The summed E-state index contributed by atoms with van der Waals surface area (Å²) >= 11 is 0. The molecule has 1 aliphatic heterocycles. The number of rotatable bonds is 5. The van der Waals surface area contributed by atoms with Crippen LogP contribution in [0.15, 0.2) is 55.1 Å². The summed E-state index contributed by atoms with van der Waals surface area (Å²) in [5, 5.41) is 11.7. The highest BCUT2D eigenvalue weighted by atomic mass is 16.5. The summed E-state index contributed by atoms with van der Waals surface area (Å²) in [6, 6.07) is 10.2. The molecule has 2 atom stereocenters. The Bertz CT molecular complexity index is 974. The Kier molecular flexibility index (Phi) is 5.00. The molecule has 1 saturated carbocycles. The minimum Gasteiger partial charge on any atom is -0.424 e. The summed E-state index contributed by atoms with van der Waals surface area (Å²) in [6.07, 6.45) is 10.3. The Hall–Kier alpha value is -2.77. The van der Waals surface area contributed by atoms with Gasteiger partial charge in [0.1, 0.15) is 17.2 Å². The molecule has 2 aliphatic rings. The molecule has 0 radical (unpaired) electrons. The summed E-state index contributed by atoms with van der Waals surface area (Å²) in [6.45, 7) is 2.64. The van der Waals surface area contributed by atoms with Crippen LogP contribution in [0.2, 0.25) is 0 Å². The van der Waals surface area contributed by atoms with Crippen LogP contribution >= 0.6 is 0 Å². The molecule has 1 aromatic carbocycles. The first kappa shape index (κ1) is 19.2. The van der Waals surface area contributed by atoms with E-state index in [0.29, 0.717) is 6.01 Å². The number of benzene rings is 1. The van der Waals surface area contributed by atoms with Crippen molar-refractivity contribution in [2.45, 2.75) is 31.4 Å². The van der Waals surface area contributed by atoms with Crippen LogP contribution < -0.4 is 4.74 Å². The second kappa shape index (κ2) is 7.81. The molecule has 0 spiro atoms. The molecule has 1 N–H and O–H groups in total.